The molecule has 5 heteroatoms. The van der Waals surface area contributed by atoms with Gasteiger partial charge < -0.3 is 10.4 Å². The molecule has 2 N–H and O–H groups in total. The summed E-state index contributed by atoms with van der Waals surface area (Å²) in [7, 11) is 0. The monoisotopic (exact) mass is 267 g/mol. The summed E-state index contributed by atoms with van der Waals surface area (Å²) in [5.41, 5.74) is 0.417. The maximum absolute atomic E-state index is 13.8. The van der Waals surface area contributed by atoms with Gasteiger partial charge in [0.05, 0.1) is 0 Å². The average Bonchev–Trinajstić information content (AvgIpc) is 2.40. The molecule has 0 aliphatic carbocycles. The van der Waals surface area contributed by atoms with E-state index in [-0.39, 0.29) is 11.5 Å². The molecule has 2 rings (SSSR count). The van der Waals surface area contributed by atoms with Crippen LogP contribution < -0.4 is 5.32 Å². The van der Waals surface area contributed by atoms with Gasteiger partial charge in [0.25, 0.3) is 0 Å². The summed E-state index contributed by atoms with van der Waals surface area (Å²) in [6.45, 7) is 1.50. The van der Waals surface area contributed by atoms with Crippen molar-refractivity contribution < 1.29 is 18.7 Å². The number of hydrogen-bond donors (Lipinski definition) is 2. The van der Waals surface area contributed by atoms with Gasteiger partial charge in [-0.25, -0.2) is 13.6 Å². The lowest BCUT2D eigenvalue weighted by Gasteiger charge is -2.25. The third-order valence-electron chi connectivity index (χ3n) is 3.30. The number of halogens is 2. The fraction of sp³-hybridized carbons (Fsp3) is 0.357. The fourth-order valence-corrected chi connectivity index (χ4v) is 2.40. The molecule has 0 amide bonds. The molecule has 0 unspecified atom stereocenters. The molecule has 1 aliphatic heterocycles. The number of allylic oxidation sites excluding steroid dienone is 1. The highest BCUT2D eigenvalue weighted by molar-refractivity contribution is 5.90. The van der Waals surface area contributed by atoms with Gasteiger partial charge >= 0.3 is 5.97 Å². The summed E-state index contributed by atoms with van der Waals surface area (Å²) in [5, 5.41) is 12.1. The predicted molar refractivity (Wildman–Crippen MR) is 67.6 cm³/mol. The number of hydrogen-bond acceptors (Lipinski definition) is 2. The van der Waals surface area contributed by atoms with Crippen LogP contribution in [0.4, 0.5) is 8.78 Å². The van der Waals surface area contributed by atoms with Gasteiger partial charge in [0, 0.05) is 11.6 Å². The first-order valence-corrected chi connectivity index (χ1v) is 6.18. The van der Waals surface area contributed by atoms with E-state index in [0.717, 1.165) is 50.2 Å². The van der Waals surface area contributed by atoms with Crippen LogP contribution in [0.25, 0.3) is 5.57 Å². The standard InChI is InChI=1S/C14H15F2NO2/c15-10-1-2-13(16)12(7-10)11(8-14(18)19)9-3-5-17-6-4-9/h1-2,7-9,17H,3-6H2,(H,18,19)/b11-8+. The number of aliphatic carboxylic acids is 1. The summed E-state index contributed by atoms with van der Waals surface area (Å²) >= 11 is 0. The van der Waals surface area contributed by atoms with E-state index >= 15 is 0 Å². The number of nitrogens with one attached hydrogen (secondary N) is 1. The van der Waals surface area contributed by atoms with Crippen LogP contribution in [0.2, 0.25) is 0 Å². The van der Waals surface area contributed by atoms with Crippen molar-refractivity contribution in [1.29, 1.82) is 0 Å². The number of rotatable bonds is 3. The van der Waals surface area contributed by atoms with Gasteiger partial charge in [-0.1, -0.05) is 0 Å². The Balaban J connectivity index is 2.42. The smallest absolute Gasteiger partial charge is 0.328 e. The molecule has 1 saturated heterocycles. The van der Waals surface area contributed by atoms with Crippen molar-refractivity contribution in [1.82, 2.24) is 5.32 Å². The Bertz CT molecular complexity index is 508. The van der Waals surface area contributed by atoms with Crippen molar-refractivity contribution in [2.45, 2.75) is 12.8 Å². The number of benzene rings is 1. The first kappa shape index (κ1) is 13.7. The molecule has 0 saturated carbocycles. The molecule has 0 bridgehead atoms. The Labute approximate surface area is 109 Å². The van der Waals surface area contributed by atoms with Crippen molar-refractivity contribution in [2.75, 3.05) is 13.1 Å². The van der Waals surface area contributed by atoms with Crippen molar-refractivity contribution in [3.05, 3.63) is 41.5 Å². The van der Waals surface area contributed by atoms with Gasteiger partial charge in [-0.3, -0.25) is 0 Å². The van der Waals surface area contributed by atoms with Gasteiger partial charge in [0.2, 0.25) is 0 Å². The van der Waals surface area contributed by atoms with Crippen LogP contribution in [0.15, 0.2) is 24.3 Å². The molecule has 1 aromatic carbocycles. The second-order valence-corrected chi connectivity index (χ2v) is 4.59. The second kappa shape index (κ2) is 5.93. The highest BCUT2D eigenvalue weighted by Gasteiger charge is 2.22. The molecule has 0 radical (unpaired) electrons. The molecule has 1 heterocycles. The van der Waals surface area contributed by atoms with Crippen molar-refractivity contribution in [3.8, 4) is 0 Å². The quantitative estimate of drug-likeness (QED) is 0.827. The van der Waals surface area contributed by atoms with Crippen LogP contribution in [0, 0.1) is 17.6 Å². The van der Waals surface area contributed by atoms with Crippen molar-refractivity contribution in [3.63, 3.8) is 0 Å². The molecule has 3 nitrogen and oxygen atoms in total. The Morgan fingerprint density at radius 1 is 1.32 bits per heavy atom. The first-order valence-electron chi connectivity index (χ1n) is 6.18. The summed E-state index contributed by atoms with van der Waals surface area (Å²) in [5.74, 6) is -2.36. The molecular weight excluding hydrogens is 252 g/mol. The maximum atomic E-state index is 13.8. The van der Waals surface area contributed by atoms with E-state index in [4.69, 9.17) is 5.11 Å². The van der Waals surface area contributed by atoms with E-state index in [1.165, 1.54) is 0 Å². The van der Waals surface area contributed by atoms with Crippen LogP contribution >= 0.6 is 0 Å². The SMILES string of the molecule is O=C(O)/C=C(/c1cc(F)ccc1F)C1CCNCC1. The topological polar surface area (TPSA) is 49.3 Å². The van der Waals surface area contributed by atoms with Gasteiger partial charge in [-0.05, 0) is 55.6 Å². The average molecular weight is 267 g/mol. The van der Waals surface area contributed by atoms with Crippen LogP contribution in [0.3, 0.4) is 0 Å². The minimum absolute atomic E-state index is 0.0503. The lowest BCUT2D eigenvalue weighted by Crippen LogP contribution is -2.28. The van der Waals surface area contributed by atoms with Gasteiger partial charge in [-0.2, -0.15) is 0 Å². The zero-order valence-corrected chi connectivity index (χ0v) is 10.3. The first-order chi connectivity index (χ1) is 9.08. The molecule has 102 valence electrons. The number of carboxylic acid groups (broad SMARTS) is 1. The molecule has 1 aliphatic rings. The number of carbonyl (C=O) groups is 1. The van der Waals surface area contributed by atoms with Gasteiger partial charge in [-0.15, -0.1) is 0 Å². The summed E-state index contributed by atoms with van der Waals surface area (Å²) in [6.07, 6.45) is 2.43. The number of carboxylic acids is 1. The minimum atomic E-state index is -1.14. The van der Waals surface area contributed by atoms with Gasteiger partial charge in [0.1, 0.15) is 11.6 Å². The van der Waals surface area contributed by atoms with Crippen molar-refractivity contribution in [2.24, 2.45) is 5.92 Å². The van der Waals surface area contributed by atoms with Crippen LogP contribution in [0.5, 0.6) is 0 Å². The summed E-state index contributed by atoms with van der Waals surface area (Å²) in [6, 6.07) is 3.12. The molecule has 1 aromatic rings. The largest absolute Gasteiger partial charge is 0.478 e. The summed E-state index contributed by atoms with van der Waals surface area (Å²) in [4.78, 5) is 10.9. The van der Waals surface area contributed by atoms with Gasteiger partial charge in [0.15, 0.2) is 0 Å². The lowest BCUT2D eigenvalue weighted by atomic mass is 9.85. The molecule has 19 heavy (non-hydrogen) atoms. The Morgan fingerprint density at radius 2 is 2.00 bits per heavy atom. The normalized spacial score (nSPS) is 17.5. The Hall–Kier alpha value is -1.75. The van der Waals surface area contributed by atoms with E-state index in [1.54, 1.807) is 0 Å². The fourth-order valence-electron chi connectivity index (χ4n) is 2.40. The van der Waals surface area contributed by atoms with E-state index in [1.807, 2.05) is 0 Å². The lowest BCUT2D eigenvalue weighted by molar-refractivity contribution is -0.131. The highest BCUT2D eigenvalue weighted by atomic mass is 19.1. The molecule has 0 aromatic heterocycles. The molecule has 1 fully saturated rings. The molecule has 0 atom stereocenters. The van der Waals surface area contributed by atoms with E-state index in [2.05, 4.69) is 5.32 Å². The Kier molecular flexibility index (Phi) is 4.27. The highest BCUT2D eigenvalue weighted by Crippen LogP contribution is 2.31. The van der Waals surface area contributed by atoms with Crippen molar-refractivity contribution >= 4 is 11.5 Å². The van der Waals surface area contributed by atoms with Crippen LogP contribution in [-0.4, -0.2) is 24.2 Å². The maximum Gasteiger partial charge on any atom is 0.328 e. The van der Waals surface area contributed by atoms with E-state index < -0.39 is 17.6 Å². The second-order valence-electron chi connectivity index (χ2n) is 4.59. The Morgan fingerprint density at radius 3 is 2.63 bits per heavy atom. The zero-order chi connectivity index (χ0) is 13.8. The third kappa shape index (κ3) is 3.38. The number of piperidine rings is 1. The minimum Gasteiger partial charge on any atom is -0.478 e. The van der Waals surface area contributed by atoms with Crippen LogP contribution in [0.1, 0.15) is 18.4 Å². The van der Waals surface area contributed by atoms with E-state index in [9.17, 15) is 13.6 Å². The third-order valence-corrected chi connectivity index (χ3v) is 3.30. The molecular formula is C14H15F2NO2. The predicted octanol–water partition coefficient (Wildman–Crippen LogP) is 2.43. The van der Waals surface area contributed by atoms with Crippen LogP contribution in [-0.2, 0) is 4.79 Å². The summed E-state index contributed by atoms with van der Waals surface area (Å²) < 4.78 is 27.1. The molecule has 0 spiro atoms. The van der Waals surface area contributed by atoms with E-state index in [0.29, 0.717) is 5.57 Å². The zero-order valence-electron chi connectivity index (χ0n) is 10.3.